The summed E-state index contributed by atoms with van der Waals surface area (Å²) in [6, 6.07) is 26.3. The lowest BCUT2D eigenvalue weighted by atomic mass is 10.0. The number of H-pyrrole nitrogens is 1. The van der Waals surface area contributed by atoms with Crippen molar-refractivity contribution < 1.29 is 9.66 Å². The van der Waals surface area contributed by atoms with Crippen molar-refractivity contribution in [3.05, 3.63) is 113 Å². The third-order valence-corrected chi connectivity index (χ3v) is 5.30. The first kappa shape index (κ1) is 20.3. The molecule has 5 aromatic rings. The Morgan fingerprint density at radius 3 is 2.61 bits per heavy atom. The molecule has 0 bridgehead atoms. The molecule has 0 saturated carbocycles. The van der Waals surface area contributed by atoms with Gasteiger partial charge in [0.15, 0.2) is 0 Å². The van der Waals surface area contributed by atoms with Gasteiger partial charge in [0, 0.05) is 40.5 Å². The summed E-state index contributed by atoms with van der Waals surface area (Å²) in [7, 11) is 0. The summed E-state index contributed by atoms with van der Waals surface area (Å²) < 4.78 is 6.12. The number of pyridine rings is 1. The molecule has 0 aliphatic carbocycles. The highest BCUT2D eigenvalue weighted by atomic mass is 16.6. The van der Waals surface area contributed by atoms with Crippen LogP contribution in [0.1, 0.15) is 5.56 Å². The molecule has 33 heavy (non-hydrogen) atoms. The summed E-state index contributed by atoms with van der Waals surface area (Å²) in [5.41, 5.74) is 5.19. The molecule has 0 aliphatic rings. The van der Waals surface area contributed by atoms with E-state index in [1.165, 1.54) is 12.1 Å². The third-order valence-electron chi connectivity index (χ3n) is 5.30. The summed E-state index contributed by atoms with van der Waals surface area (Å²) in [6.45, 7) is 0.390. The summed E-state index contributed by atoms with van der Waals surface area (Å²) in [4.78, 5) is 18.5. The van der Waals surface area contributed by atoms with Crippen LogP contribution in [-0.2, 0) is 6.61 Å². The number of nitrogens with zero attached hydrogens (tertiary/aromatic N) is 2. The van der Waals surface area contributed by atoms with Gasteiger partial charge >= 0.3 is 0 Å². The van der Waals surface area contributed by atoms with Crippen LogP contribution >= 0.6 is 0 Å². The molecule has 0 unspecified atom stereocenters. The smallest absolute Gasteiger partial charge is 0.271 e. The van der Waals surface area contributed by atoms with Crippen molar-refractivity contribution in [2.24, 2.45) is 0 Å². The number of hydrogen-bond acceptors (Lipinski definition) is 5. The van der Waals surface area contributed by atoms with Gasteiger partial charge in [0.25, 0.3) is 5.69 Å². The van der Waals surface area contributed by atoms with Gasteiger partial charge < -0.3 is 15.0 Å². The predicted molar refractivity (Wildman–Crippen MR) is 129 cm³/mol. The van der Waals surface area contributed by atoms with Crippen LogP contribution in [-0.4, -0.2) is 14.9 Å². The van der Waals surface area contributed by atoms with Crippen molar-refractivity contribution in [1.82, 2.24) is 9.97 Å². The fourth-order valence-electron chi connectivity index (χ4n) is 3.74. The Morgan fingerprint density at radius 1 is 0.909 bits per heavy atom. The molecule has 0 aliphatic heterocycles. The number of fused-ring (bicyclic) bond motifs is 1. The monoisotopic (exact) mass is 436 g/mol. The Labute approximate surface area is 189 Å². The van der Waals surface area contributed by atoms with Crippen LogP contribution in [0, 0.1) is 10.1 Å². The lowest BCUT2D eigenvalue weighted by Crippen LogP contribution is -2.01. The number of nitrogens with one attached hydrogen (secondary N) is 2. The zero-order valence-corrected chi connectivity index (χ0v) is 17.6. The molecule has 2 aromatic heterocycles. The predicted octanol–water partition coefficient (Wildman–Crippen LogP) is 6.46. The van der Waals surface area contributed by atoms with Crippen molar-refractivity contribution in [2.75, 3.05) is 5.32 Å². The van der Waals surface area contributed by atoms with E-state index >= 15 is 0 Å². The standard InChI is InChI=1S/C26H20N4O3/c31-30(32)21-9-4-8-19(14-21)29-20-15-24(22-10-5-11-25-23(22)12-13-27-25)26(28-16-20)33-17-18-6-2-1-3-7-18/h1-16,27,29H,17H2. The van der Waals surface area contributed by atoms with E-state index < -0.39 is 4.92 Å². The molecule has 0 atom stereocenters. The van der Waals surface area contributed by atoms with Gasteiger partial charge in [-0.3, -0.25) is 10.1 Å². The average Bonchev–Trinajstić information content (AvgIpc) is 3.33. The molecule has 3 aromatic carbocycles. The van der Waals surface area contributed by atoms with Gasteiger partial charge in [0.2, 0.25) is 5.88 Å². The zero-order valence-electron chi connectivity index (χ0n) is 17.6. The average molecular weight is 436 g/mol. The first-order valence-electron chi connectivity index (χ1n) is 10.4. The highest BCUT2D eigenvalue weighted by molar-refractivity contribution is 5.96. The van der Waals surface area contributed by atoms with Gasteiger partial charge in [-0.25, -0.2) is 4.98 Å². The quantitative estimate of drug-likeness (QED) is 0.226. The van der Waals surface area contributed by atoms with Crippen molar-refractivity contribution in [3.8, 4) is 17.0 Å². The van der Waals surface area contributed by atoms with E-state index in [1.54, 1.807) is 18.3 Å². The van der Waals surface area contributed by atoms with Gasteiger partial charge in [-0.2, -0.15) is 0 Å². The number of nitro groups is 1. The molecule has 0 saturated heterocycles. The van der Waals surface area contributed by atoms with E-state index in [9.17, 15) is 10.1 Å². The third kappa shape index (κ3) is 4.38. The second-order valence-electron chi connectivity index (χ2n) is 7.53. The fourth-order valence-corrected chi connectivity index (χ4v) is 3.74. The Hall–Kier alpha value is -4.65. The zero-order chi connectivity index (χ0) is 22.6. The lowest BCUT2D eigenvalue weighted by Gasteiger charge is -2.14. The minimum atomic E-state index is -0.415. The summed E-state index contributed by atoms with van der Waals surface area (Å²) >= 11 is 0. The SMILES string of the molecule is O=[N+]([O-])c1cccc(Nc2cnc(OCc3ccccc3)c(-c3cccc4[nH]ccc34)c2)c1. The number of aromatic nitrogens is 2. The summed E-state index contributed by atoms with van der Waals surface area (Å²) in [6.07, 6.45) is 3.57. The molecule has 0 fully saturated rings. The molecule has 0 radical (unpaired) electrons. The van der Waals surface area contributed by atoms with E-state index in [0.717, 1.165) is 27.6 Å². The molecule has 2 heterocycles. The Morgan fingerprint density at radius 2 is 1.76 bits per heavy atom. The Bertz CT molecular complexity index is 1430. The van der Waals surface area contributed by atoms with Crippen molar-refractivity contribution in [2.45, 2.75) is 6.61 Å². The maximum atomic E-state index is 11.1. The van der Waals surface area contributed by atoms with E-state index in [0.29, 0.717) is 23.9 Å². The van der Waals surface area contributed by atoms with E-state index in [-0.39, 0.29) is 5.69 Å². The molecule has 7 heteroatoms. The number of rotatable bonds is 7. The minimum Gasteiger partial charge on any atom is -0.472 e. The van der Waals surface area contributed by atoms with Gasteiger partial charge in [-0.05, 0) is 35.4 Å². The number of ether oxygens (including phenoxy) is 1. The largest absolute Gasteiger partial charge is 0.472 e. The van der Waals surface area contributed by atoms with Gasteiger partial charge in [-0.15, -0.1) is 0 Å². The van der Waals surface area contributed by atoms with Crippen LogP contribution in [0.15, 0.2) is 97.3 Å². The Kier molecular flexibility index (Phi) is 5.43. The van der Waals surface area contributed by atoms with E-state index in [1.807, 2.05) is 66.9 Å². The molecule has 7 nitrogen and oxygen atoms in total. The highest BCUT2D eigenvalue weighted by Crippen LogP contribution is 2.36. The van der Waals surface area contributed by atoms with Crippen LogP contribution in [0.2, 0.25) is 0 Å². The van der Waals surface area contributed by atoms with E-state index in [4.69, 9.17) is 4.74 Å². The van der Waals surface area contributed by atoms with Gasteiger partial charge in [0.05, 0.1) is 16.8 Å². The van der Waals surface area contributed by atoms with Crippen LogP contribution in [0.25, 0.3) is 22.0 Å². The number of hydrogen-bond donors (Lipinski definition) is 2. The summed E-state index contributed by atoms with van der Waals surface area (Å²) in [5.74, 6) is 0.511. The molecule has 0 amide bonds. The van der Waals surface area contributed by atoms with Crippen LogP contribution in [0.4, 0.5) is 17.1 Å². The topological polar surface area (TPSA) is 93.1 Å². The van der Waals surface area contributed by atoms with E-state index in [2.05, 4.69) is 15.3 Å². The van der Waals surface area contributed by atoms with Crippen LogP contribution in [0.5, 0.6) is 5.88 Å². The van der Waals surface area contributed by atoms with Crippen LogP contribution in [0.3, 0.4) is 0 Å². The second-order valence-corrected chi connectivity index (χ2v) is 7.53. The maximum Gasteiger partial charge on any atom is 0.271 e. The minimum absolute atomic E-state index is 0.0214. The molecular formula is C26H20N4O3. The molecule has 5 rings (SSSR count). The molecular weight excluding hydrogens is 416 g/mol. The van der Waals surface area contributed by atoms with Crippen molar-refractivity contribution >= 4 is 28.0 Å². The number of nitro benzene ring substituents is 1. The van der Waals surface area contributed by atoms with Crippen LogP contribution < -0.4 is 10.1 Å². The number of aromatic amines is 1. The summed E-state index contributed by atoms with van der Waals surface area (Å²) in [5, 5.41) is 15.4. The number of non-ortho nitro benzene ring substituents is 1. The van der Waals surface area contributed by atoms with Gasteiger partial charge in [0.1, 0.15) is 6.61 Å². The first-order chi connectivity index (χ1) is 16.2. The lowest BCUT2D eigenvalue weighted by molar-refractivity contribution is -0.384. The highest BCUT2D eigenvalue weighted by Gasteiger charge is 2.14. The second kappa shape index (κ2) is 8.84. The normalized spacial score (nSPS) is 10.8. The Balaban J connectivity index is 1.53. The number of anilines is 2. The molecule has 0 spiro atoms. The van der Waals surface area contributed by atoms with Gasteiger partial charge in [-0.1, -0.05) is 48.5 Å². The fraction of sp³-hybridized carbons (Fsp3) is 0.0385. The van der Waals surface area contributed by atoms with Crippen molar-refractivity contribution in [3.63, 3.8) is 0 Å². The number of benzene rings is 3. The maximum absolute atomic E-state index is 11.1. The molecule has 162 valence electrons. The van der Waals surface area contributed by atoms with Crippen molar-refractivity contribution in [1.29, 1.82) is 0 Å². The molecule has 2 N–H and O–H groups in total. The first-order valence-corrected chi connectivity index (χ1v) is 10.4.